The van der Waals surface area contributed by atoms with Crippen LogP contribution in [-0.4, -0.2) is 31.6 Å². The predicted octanol–water partition coefficient (Wildman–Crippen LogP) is 1.65. The fourth-order valence-corrected chi connectivity index (χ4v) is 2.84. The average molecular weight is 300 g/mol. The zero-order chi connectivity index (χ0) is 15.4. The minimum Gasteiger partial charge on any atom is -0.481 e. The minimum atomic E-state index is -3.46. The van der Waals surface area contributed by atoms with Gasteiger partial charge in [-0.3, -0.25) is 4.79 Å². The van der Waals surface area contributed by atoms with Gasteiger partial charge in [0, 0.05) is 17.8 Å². The first-order chi connectivity index (χ1) is 9.16. The number of carboxylic acids is 1. The first-order valence-corrected chi connectivity index (χ1v) is 7.74. The molecular formula is C13H20N2O4S. The summed E-state index contributed by atoms with van der Waals surface area (Å²) >= 11 is 0. The molecule has 0 bridgehead atoms. The molecule has 1 aromatic carbocycles. The SMILES string of the molecule is CCNS(=O)(=O)c1ccc(NC(C)(C)CC(=O)O)cc1. The molecule has 0 aliphatic rings. The molecular weight excluding hydrogens is 280 g/mol. The van der Waals surface area contributed by atoms with Crippen molar-refractivity contribution in [3.63, 3.8) is 0 Å². The Kier molecular flexibility index (Phi) is 5.13. The normalized spacial score (nSPS) is 12.2. The van der Waals surface area contributed by atoms with Crippen molar-refractivity contribution < 1.29 is 18.3 Å². The lowest BCUT2D eigenvalue weighted by atomic mass is 10.0. The first kappa shape index (κ1) is 16.5. The topological polar surface area (TPSA) is 95.5 Å². The Morgan fingerprint density at radius 3 is 2.25 bits per heavy atom. The molecule has 0 aromatic heterocycles. The van der Waals surface area contributed by atoms with Crippen molar-refractivity contribution >= 4 is 21.7 Å². The van der Waals surface area contributed by atoms with Crippen LogP contribution in [0.3, 0.4) is 0 Å². The number of carbonyl (C=O) groups is 1. The number of nitrogens with one attached hydrogen (secondary N) is 2. The summed E-state index contributed by atoms with van der Waals surface area (Å²) < 4.78 is 25.9. The van der Waals surface area contributed by atoms with E-state index in [1.165, 1.54) is 12.1 Å². The smallest absolute Gasteiger partial charge is 0.305 e. The second-order valence-electron chi connectivity index (χ2n) is 5.11. The summed E-state index contributed by atoms with van der Waals surface area (Å²) in [6, 6.07) is 6.20. The number of carboxylic acid groups (broad SMARTS) is 1. The molecule has 7 heteroatoms. The molecule has 0 heterocycles. The highest BCUT2D eigenvalue weighted by Gasteiger charge is 2.21. The Hall–Kier alpha value is -1.60. The Labute approximate surface area is 119 Å². The minimum absolute atomic E-state index is 0.0373. The molecule has 112 valence electrons. The van der Waals surface area contributed by atoms with Gasteiger partial charge in [0.1, 0.15) is 0 Å². The quantitative estimate of drug-likeness (QED) is 0.711. The largest absolute Gasteiger partial charge is 0.481 e. The molecule has 0 saturated carbocycles. The Balaban J connectivity index is 2.85. The number of benzene rings is 1. The number of aliphatic carboxylic acids is 1. The van der Waals surface area contributed by atoms with Crippen LogP contribution < -0.4 is 10.0 Å². The van der Waals surface area contributed by atoms with Gasteiger partial charge in [0.25, 0.3) is 0 Å². The van der Waals surface area contributed by atoms with Crippen LogP contribution in [-0.2, 0) is 14.8 Å². The van der Waals surface area contributed by atoms with E-state index in [-0.39, 0.29) is 11.3 Å². The molecule has 1 aromatic rings. The second kappa shape index (κ2) is 6.23. The van der Waals surface area contributed by atoms with Crippen LogP contribution in [0.1, 0.15) is 27.2 Å². The number of anilines is 1. The van der Waals surface area contributed by atoms with Gasteiger partial charge in [-0.1, -0.05) is 6.92 Å². The zero-order valence-electron chi connectivity index (χ0n) is 11.8. The van der Waals surface area contributed by atoms with Gasteiger partial charge in [-0.2, -0.15) is 0 Å². The van der Waals surface area contributed by atoms with E-state index in [1.54, 1.807) is 32.9 Å². The number of rotatable bonds is 7. The summed E-state index contributed by atoms with van der Waals surface area (Å²) in [7, 11) is -3.46. The molecule has 0 radical (unpaired) electrons. The lowest BCUT2D eigenvalue weighted by molar-refractivity contribution is -0.137. The van der Waals surface area contributed by atoms with Gasteiger partial charge in [-0.15, -0.1) is 0 Å². The lowest BCUT2D eigenvalue weighted by Gasteiger charge is -2.25. The van der Waals surface area contributed by atoms with E-state index in [0.717, 1.165) is 0 Å². The van der Waals surface area contributed by atoms with E-state index in [2.05, 4.69) is 10.0 Å². The molecule has 0 fully saturated rings. The highest BCUT2D eigenvalue weighted by atomic mass is 32.2. The number of hydrogen-bond acceptors (Lipinski definition) is 4. The van der Waals surface area contributed by atoms with Crippen LogP contribution in [0.2, 0.25) is 0 Å². The third-order valence-electron chi connectivity index (χ3n) is 2.57. The molecule has 3 N–H and O–H groups in total. The third-order valence-corrected chi connectivity index (χ3v) is 4.14. The average Bonchev–Trinajstić information content (AvgIpc) is 2.26. The number of hydrogen-bond donors (Lipinski definition) is 3. The van der Waals surface area contributed by atoms with Crippen LogP contribution in [0.5, 0.6) is 0 Å². The molecule has 0 aliphatic heterocycles. The van der Waals surface area contributed by atoms with Crippen LogP contribution in [0.15, 0.2) is 29.2 Å². The van der Waals surface area contributed by atoms with Gasteiger partial charge in [0.15, 0.2) is 0 Å². The fraction of sp³-hybridized carbons (Fsp3) is 0.462. The van der Waals surface area contributed by atoms with E-state index in [1.807, 2.05) is 0 Å². The zero-order valence-corrected chi connectivity index (χ0v) is 12.6. The molecule has 20 heavy (non-hydrogen) atoms. The summed E-state index contributed by atoms with van der Waals surface area (Å²) in [5.74, 6) is -0.895. The van der Waals surface area contributed by atoms with Crippen molar-refractivity contribution in [2.75, 3.05) is 11.9 Å². The van der Waals surface area contributed by atoms with Crippen molar-refractivity contribution in [2.45, 2.75) is 37.6 Å². The van der Waals surface area contributed by atoms with Crippen molar-refractivity contribution in [2.24, 2.45) is 0 Å². The maximum Gasteiger partial charge on any atom is 0.305 e. The summed E-state index contributed by atoms with van der Waals surface area (Å²) in [5.41, 5.74) is 0.0557. The molecule has 0 saturated heterocycles. The van der Waals surface area contributed by atoms with Gasteiger partial charge in [-0.25, -0.2) is 13.1 Å². The van der Waals surface area contributed by atoms with E-state index in [9.17, 15) is 13.2 Å². The van der Waals surface area contributed by atoms with Crippen molar-refractivity contribution in [3.8, 4) is 0 Å². The molecule has 0 spiro atoms. The van der Waals surface area contributed by atoms with E-state index < -0.39 is 21.5 Å². The maximum atomic E-state index is 11.8. The summed E-state index contributed by atoms with van der Waals surface area (Å²) in [4.78, 5) is 10.9. The molecule has 0 aliphatic carbocycles. The first-order valence-electron chi connectivity index (χ1n) is 6.26. The van der Waals surface area contributed by atoms with E-state index in [0.29, 0.717) is 12.2 Å². The molecule has 1 rings (SSSR count). The molecule has 0 atom stereocenters. The standard InChI is InChI=1S/C13H20N2O4S/c1-4-14-20(18,19)11-7-5-10(6-8-11)15-13(2,3)9-12(16)17/h5-8,14-15H,4,9H2,1-3H3,(H,16,17). The Bertz CT molecular complexity index is 565. The molecule has 0 unspecified atom stereocenters. The Morgan fingerprint density at radius 1 is 1.25 bits per heavy atom. The van der Waals surface area contributed by atoms with E-state index >= 15 is 0 Å². The van der Waals surface area contributed by atoms with Gasteiger partial charge in [0.05, 0.1) is 11.3 Å². The fourth-order valence-electron chi connectivity index (χ4n) is 1.80. The van der Waals surface area contributed by atoms with Crippen LogP contribution >= 0.6 is 0 Å². The summed E-state index contributed by atoms with van der Waals surface area (Å²) in [6.45, 7) is 5.57. The third kappa shape index (κ3) is 4.82. The van der Waals surface area contributed by atoms with E-state index in [4.69, 9.17) is 5.11 Å². The lowest BCUT2D eigenvalue weighted by Crippen LogP contribution is -2.33. The number of sulfonamides is 1. The highest BCUT2D eigenvalue weighted by Crippen LogP contribution is 2.20. The Morgan fingerprint density at radius 2 is 1.80 bits per heavy atom. The summed E-state index contributed by atoms with van der Waals surface area (Å²) in [5, 5.41) is 11.9. The van der Waals surface area contributed by atoms with Crippen molar-refractivity contribution in [1.82, 2.24) is 4.72 Å². The maximum absolute atomic E-state index is 11.8. The second-order valence-corrected chi connectivity index (χ2v) is 6.87. The van der Waals surface area contributed by atoms with Crippen LogP contribution in [0.25, 0.3) is 0 Å². The monoisotopic (exact) mass is 300 g/mol. The van der Waals surface area contributed by atoms with Gasteiger partial charge in [-0.05, 0) is 38.1 Å². The van der Waals surface area contributed by atoms with Gasteiger partial charge >= 0.3 is 5.97 Å². The van der Waals surface area contributed by atoms with Gasteiger partial charge < -0.3 is 10.4 Å². The van der Waals surface area contributed by atoms with Gasteiger partial charge in [0.2, 0.25) is 10.0 Å². The summed E-state index contributed by atoms with van der Waals surface area (Å²) in [6.07, 6.45) is -0.0373. The van der Waals surface area contributed by atoms with Crippen LogP contribution in [0, 0.1) is 0 Å². The molecule has 6 nitrogen and oxygen atoms in total. The van der Waals surface area contributed by atoms with Crippen LogP contribution in [0.4, 0.5) is 5.69 Å². The van der Waals surface area contributed by atoms with Crippen molar-refractivity contribution in [3.05, 3.63) is 24.3 Å². The predicted molar refractivity (Wildman–Crippen MR) is 77.3 cm³/mol. The molecule has 0 amide bonds. The highest BCUT2D eigenvalue weighted by molar-refractivity contribution is 7.89. The van der Waals surface area contributed by atoms with Crippen molar-refractivity contribution in [1.29, 1.82) is 0 Å².